The highest BCUT2D eigenvalue weighted by atomic mass is 19.1. The molecule has 0 spiro atoms. The van der Waals surface area contributed by atoms with Gasteiger partial charge in [0.25, 0.3) is 0 Å². The number of amides is 2. The molecule has 5 nitrogen and oxygen atoms in total. The largest absolute Gasteiger partial charge is 0.312 e. The van der Waals surface area contributed by atoms with E-state index in [9.17, 15) is 14.0 Å². The molecule has 0 aliphatic carbocycles. The fraction of sp³-hybridized carbons (Fsp3) is 0.115. The number of hydrogen-bond acceptors (Lipinski definition) is 3. The smallest absolute Gasteiger partial charge is 0.245 e. The first-order valence-electron chi connectivity index (χ1n) is 10.4. The van der Waals surface area contributed by atoms with E-state index in [1.54, 1.807) is 6.21 Å². The molecule has 1 aliphatic rings. The molecule has 0 saturated carbocycles. The second kappa shape index (κ2) is 8.23. The molecule has 0 bridgehead atoms. The van der Waals surface area contributed by atoms with Crippen LogP contribution in [0.15, 0.2) is 84.0 Å². The number of anilines is 1. The molecular weight excluding hydrogens is 405 g/mol. The number of carbonyl (C=O) groups is 2. The molecule has 5 rings (SSSR count). The lowest BCUT2D eigenvalue weighted by molar-refractivity contribution is -0.126. The molecule has 0 aromatic heterocycles. The van der Waals surface area contributed by atoms with Crippen LogP contribution < -0.4 is 10.3 Å². The standard InChI is InChI=1S/C26H20FN3O2/c27-20-9-11-21(12-10-20)30-16-19(14-25(30)31)26(32)29-28-15-24-22-7-3-1-5-17(22)13-18-6-2-4-8-23(18)24/h1-13,15,19H,14,16H2,(H,29,32)/b28-15-/t19-/m0/s1. The van der Waals surface area contributed by atoms with Crippen molar-refractivity contribution in [3.05, 3.63) is 90.2 Å². The van der Waals surface area contributed by atoms with Crippen molar-refractivity contribution in [2.24, 2.45) is 11.0 Å². The molecule has 1 heterocycles. The van der Waals surface area contributed by atoms with Gasteiger partial charge in [0, 0.05) is 24.2 Å². The molecule has 2 amide bonds. The minimum absolute atomic E-state index is 0.0932. The van der Waals surface area contributed by atoms with Gasteiger partial charge < -0.3 is 4.90 Å². The van der Waals surface area contributed by atoms with Crippen molar-refractivity contribution < 1.29 is 14.0 Å². The van der Waals surface area contributed by atoms with Crippen LogP contribution in [0.25, 0.3) is 21.5 Å². The number of rotatable bonds is 4. The van der Waals surface area contributed by atoms with Gasteiger partial charge in [0.2, 0.25) is 11.8 Å². The van der Waals surface area contributed by atoms with Crippen molar-refractivity contribution >= 4 is 45.3 Å². The van der Waals surface area contributed by atoms with E-state index < -0.39 is 5.92 Å². The van der Waals surface area contributed by atoms with E-state index in [1.807, 2.05) is 48.5 Å². The Morgan fingerprint density at radius 2 is 1.59 bits per heavy atom. The number of nitrogens with one attached hydrogen (secondary N) is 1. The highest BCUT2D eigenvalue weighted by Gasteiger charge is 2.35. The quantitative estimate of drug-likeness (QED) is 0.294. The summed E-state index contributed by atoms with van der Waals surface area (Å²) in [5.41, 5.74) is 4.10. The van der Waals surface area contributed by atoms with Crippen molar-refractivity contribution in [3.8, 4) is 0 Å². The number of carbonyl (C=O) groups excluding carboxylic acids is 2. The van der Waals surface area contributed by atoms with E-state index >= 15 is 0 Å². The molecule has 1 atom stereocenters. The molecule has 1 fully saturated rings. The topological polar surface area (TPSA) is 61.8 Å². The monoisotopic (exact) mass is 425 g/mol. The van der Waals surface area contributed by atoms with Gasteiger partial charge in [-0.3, -0.25) is 9.59 Å². The maximum absolute atomic E-state index is 13.2. The van der Waals surface area contributed by atoms with Gasteiger partial charge in [0.05, 0.1) is 12.1 Å². The Kier molecular flexibility index (Phi) is 5.11. The molecule has 4 aromatic rings. The summed E-state index contributed by atoms with van der Waals surface area (Å²) in [7, 11) is 0. The summed E-state index contributed by atoms with van der Waals surface area (Å²) in [6.45, 7) is 0.239. The highest BCUT2D eigenvalue weighted by Crippen LogP contribution is 2.28. The second-order valence-electron chi connectivity index (χ2n) is 7.85. The fourth-order valence-electron chi connectivity index (χ4n) is 4.19. The molecule has 32 heavy (non-hydrogen) atoms. The first-order chi connectivity index (χ1) is 15.6. The molecule has 1 N–H and O–H groups in total. The summed E-state index contributed by atoms with van der Waals surface area (Å²) in [6.07, 6.45) is 1.76. The normalized spacial score (nSPS) is 16.3. The maximum atomic E-state index is 13.2. The lowest BCUT2D eigenvalue weighted by Crippen LogP contribution is -2.30. The number of hydrogen-bond donors (Lipinski definition) is 1. The number of fused-ring (bicyclic) bond motifs is 2. The van der Waals surface area contributed by atoms with Crippen LogP contribution in [0.4, 0.5) is 10.1 Å². The van der Waals surface area contributed by atoms with Gasteiger partial charge in [-0.1, -0.05) is 48.5 Å². The van der Waals surface area contributed by atoms with Crippen molar-refractivity contribution in [3.63, 3.8) is 0 Å². The van der Waals surface area contributed by atoms with E-state index in [0.29, 0.717) is 5.69 Å². The summed E-state index contributed by atoms with van der Waals surface area (Å²) in [5.74, 6) is -1.37. The van der Waals surface area contributed by atoms with E-state index in [4.69, 9.17) is 0 Å². The average Bonchev–Trinajstić information content (AvgIpc) is 3.20. The Labute approximate surface area is 184 Å². The van der Waals surface area contributed by atoms with Crippen LogP contribution >= 0.6 is 0 Å². The van der Waals surface area contributed by atoms with Gasteiger partial charge in [-0.25, -0.2) is 9.82 Å². The number of hydrazone groups is 1. The second-order valence-corrected chi connectivity index (χ2v) is 7.85. The van der Waals surface area contributed by atoms with Gasteiger partial charge >= 0.3 is 0 Å². The van der Waals surface area contributed by atoms with Gasteiger partial charge in [0.15, 0.2) is 0 Å². The first kappa shape index (κ1) is 19.9. The summed E-state index contributed by atoms with van der Waals surface area (Å²) >= 11 is 0. The third-order valence-electron chi connectivity index (χ3n) is 5.82. The van der Waals surface area contributed by atoms with Crippen LogP contribution in [-0.4, -0.2) is 24.6 Å². The Morgan fingerprint density at radius 3 is 2.25 bits per heavy atom. The molecule has 6 heteroatoms. The van der Waals surface area contributed by atoms with Gasteiger partial charge in [-0.15, -0.1) is 0 Å². The Bertz CT molecular complexity index is 1310. The van der Waals surface area contributed by atoms with Crippen LogP contribution in [0.3, 0.4) is 0 Å². The van der Waals surface area contributed by atoms with Gasteiger partial charge in [0.1, 0.15) is 5.82 Å². The molecule has 1 saturated heterocycles. The Morgan fingerprint density at radius 1 is 0.969 bits per heavy atom. The predicted molar refractivity (Wildman–Crippen MR) is 124 cm³/mol. The Balaban J connectivity index is 1.35. The van der Waals surface area contributed by atoms with Gasteiger partial charge in [-0.05, 0) is 51.9 Å². The predicted octanol–water partition coefficient (Wildman–Crippen LogP) is 4.64. The van der Waals surface area contributed by atoms with E-state index in [0.717, 1.165) is 27.1 Å². The summed E-state index contributed by atoms with van der Waals surface area (Å²) < 4.78 is 13.2. The molecule has 158 valence electrons. The third kappa shape index (κ3) is 3.71. The van der Waals surface area contributed by atoms with Gasteiger partial charge in [-0.2, -0.15) is 5.10 Å². The highest BCUT2D eigenvalue weighted by molar-refractivity contribution is 6.13. The van der Waals surface area contributed by atoms with Crippen LogP contribution in [0.5, 0.6) is 0 Å². The zero-order chi connectivity index (χ0) is 22.1. The lowest BCUT2D eigenvalue weighted by atomic mass is 9.97. The van der Waals surface area contributed by atoms with Crippen molar-refractivity contribution in [2.45, 2.75) is 6.42 Å². The summed E-state index contributed by atoms with van der Waals surface area (Å²) in [6, 6.07) is 23.9. The van der Waals surface area contributed by atoms with Crippen molar-refractivity contribution in [1.29, 1.82) is 0 Å². The molecular formula is C26H20FN3O2. The SMILES string of the molecule is O=C(N/N=C\c1c2ccccc2cc2ccccc12)[C@H]1CC(=O)N(c2ccc(F)cc2)C1. The van der Waals surface area contributed by atoms with E-state index in [2.05, 4.69) is 16.6 Å². The van der Waals surface area contributed by atoms with Crippen LogP contribution in [0.2, 0.25) is 0 Å². The summed E-state index contributed by atoms with van der Waals surface area (Å²) in [4.78, 5) is 26.6. The maximum Gasteiger partial charge on any atom is 0.245 e. The number of halogens is 1. The van der Waals surface area contributed by atoms with Crippen molar-refractivity contribution in [2.75, 3.05) is 11.4 Å². The fourth-order valence-corrected chi connectivity index (χ4v) is 4.19. The van der Waals surface area contributed by atoms with E-state index in [-0.39, 0.29) is 30.6 Å². The zero-order valence-corrected chi connectivity index (χ0v) is 17.2. The number of nitrogens with zero attached hydrogens (tertiary/aromatic N) is 2. The number of benzene rings is 4. The van der Waals surface area contributed by atoms with Crippen LogP contribution in [0.1, 0.15) is 12.0 Å². The minimum atomic E-state index is -0.519. The lowest BCUT2D eigenvalue weighted by Gasteiger charge is -2.16. The first-order valence-corrected chi connectivity index (χ1v) is 10.4. The van der Waals surface area contributed by atoms with Crippen LogP contribution in [-0.2, 0) is 9.59 Å². The minimum Gasteiger partial charge on any atom is -0.312 e. The van der Waals surface area contributed by atoms with Crippen molar-refractivity contribution in [1.82, 2.24) is 5.43 Å². The zero-order valence-electron chi connectivity index (χ0n) is 17.2. The van der Waals surface area contributed by atoms with Crippen LogP contribution in [0, 0.1) is 11.7 Å². The van der Waals surface area contributed by atoms with E-state index in [1.165, 1.54) is 29.2 Å². The Hall–Kier alpha value is -4.06. The average molecular weight is 425 g/mol. The molecule has 0 unspecified atom stereocenters. The molecule has 0 radical (unpaired) electrons. The third-order valence-corrected chi connectivity index (χ3v) is 5.82. The molecule has 1 aliphatic heterocycles. The molecule has 4 aromatic carbocycles. The summed E-state index contributed by atoms with van der Waals surface area (Å²) in [5, 5.41) is 8.49.